The van der Waals surface area contributed by atoms with E-state index in [1.807, 2.05) is 0 Å². The molecule has 0 fully saturated rings. The van der Waals surface area contributed by atoms with Crippen LogP contribution in [0.2, 0.25) is 0 Å². The van der Waals surface area contributed by atoms with Gasteiger partial charge in [0.1, 0.15) is 11.5 Å². The summed E-state index contributed by atoms with van der Waals surface area (Å²) in [6.07, 6.45) is 23.2. The van der Waals surface area contributed by atoms with Crippen LogP contribution < -0.4 is 9.47 Å². The summed E-state index contributed by atoms with van der Waals surface area (Å²) in [6, 6.07) is 9.54. The molecule has 2 nitrogen and oxygen atoms in total. The van der Waals surface area contributed by atoms with Gasteiger partial charge in [0.25, 0.3) is 0 Å². The molecule has 3 aliphatic carbocycles. The van der Waals surface area contributed by atoms with E-state index in [1.54, 1.807) is 22.3 Å². The van der Waals surface area contributed by atoms with Gasteiger partial charge in [-0.3, -0.25) is 0 Å². The van der Waals surface area contributed by atoms with Crippen LogP contribution in [0.1, 0.15) is 162 Å². The summed E-state index contributed by atoms with van der Waals surface area (Å²) in [5.41, 5.74) is 9.57. The number of hydrogen-bond donors (Lipinski definition) is 0. The molecule has 0 radical (unpaired) electrons. The highest BCUT2D eigenvalue weighted by Gasteiger charge is 2.39. The smallest absolute Gasteiger partial charge is 0.122 e. The van der Waals surface area contributed by atoms with E-state index >= 15 is 0 Å². The molecule has 2 aromatic rings. The van der Waals surface area contributed by atoms with E-state index in [1.165, 1.54) is 138 Å². The molecule has 0 bridgehead atoms. The fourth-order valence-corrected chi connectivity index (χ4v) is 7.55. The Morgan fingerprint density at radius 2 is 0.974 bits per heavy atom. The fourth-order valence-electron chi connectivity index (χ4n) is 7.55. The molecule has 3 aliphatic rings. The molecule has 2 atom stereocenters. The van der Waals surface area contributed by atoms with Crippen molar-refractivity contribution < 1.29 is 9.47 Å². The van der Waals surface area contributed by atoms with Crippen molar-refractivity contribution in [2.45, 2.75) is 141 Å². The molecular formula is C36H52O2. The summed E-state index contributed by atoms with van der Waals surface area (Å²) in [7, 11) is 0. The third-order valence-electron chi connectivity index (χ3n) is 9.49. The molecule has 0 heterocycles. The Balaban J connectivity index is 1.29. The number of fused-ring (bicyclic) bond motifs is 2. The van der Waals surface area contributed by atoms with Gasteiger partial charge in [-0.15, -0.1) is 0 Å². The summed E-state index contributed by atoms with van der Waals surface area (Å²) < 4.78 is 12.9. The first-order valence-corrected chi connectivity index (χ1v) is 16.4. The van der Waals surface area contributed by atoms with Gasteiger partial charge in [-0.1, -0.05) is 90.2 Å². The molecule has 2 unspecified atom stereocenters. The van der Waals surface area contributed by atoms with Gasteiger partial charge in [0.2, 0.25) is 0 Å². The van der Waals surface area contributed by atoms with Crippen molar-refractivity contribution in [2.24, 2.45) is 0 Å². The Morgan fingerprint density at radius 3 is 1.42 bits per heavy atom. The van der Waals surface area contributed by atoms with Crippen molar-refractivity contribution in [3.63, 3.8) is 0 Å². The second-order valence-corrected chi connectivity index (χ2v) is 12.2. The maximum Gasteiger partial charge on any atom is 0.122 e. The molecule has 0 spiro atoms. The minimum atomic E-state index is 0.544. The van der Waals surface area contributed by atoms with Crippen molar-refractivity contribution in [1.82, 2.24) is 0 Å². The third-order valence-corrected chi connectivity index (χ3v) is 9.49. The highest BCUT2D eigenvalue weighted by molar-refractivity contribution is 5.63. The molecule has 0 amide bonds. The first kappa shape index (κ1) is 27.6. The summed E-state index contributed by atoms with van der Waals surface area (Å²) in [5, 5.41) is 0. The van der Waals surface area contributed by atoms with Crippen molar-refractivity contribution >= 4 is 0 Å². The van der Waals surface area contributed by atoms with E-state index in [0.29, 0.717) is 11.8 Å². The monoisotopic (exact) mass is 516 g/mol. The lowest BCUT2D eigenvalue weighted by Crippen LogP contribution is -2.27. The second-order valence-electron chi connectivity index (χ2n) is 12.2. The molecule has 0 aliphatic heterocycles. The average molecular weight is 517 g/mol. The van der Waals surface area contributed by atoms with E-state index in [-0.39, 0.29) is 0 Å². The van der Waals surface area contributed by atoms with Crippen molar-refractivity contribution in [2.75, 3.05) is 13.2 Å². The number of benzene rings is 2. The molecule has 2 aromatic carbocycles. The number of ether oxygens (including phenoxy) is 2. The zero-order chi connectivity index (χ0) is 26.2. The standard InChI is InChI=1S/C36H52O2/c1-3-5-7-9-11-13-25-37-33-23-21-29-28-18-16-20-32-34(38-26-14-12-10-8-6-4-2)24-22-30(36(28)32)27-17-15-19-31(33)35(27)29/h21-24,27-28H,3-20,25-26H2,1-2H3. The molecule has 0 saturated carbocycles. The van der Waals surface area contributed by atoms with Gasteiger partial charge < -0.3 is 9.47 Å². The number of unbranched alkanes of at least 4 members (excludes halogenated alkanes) is 10. The van der Waals surface area contributed by atoms with Crippen LogP contribution in [0.25, 0.3) is 0 Å². The van der Waals surface area contributed by atoms with Crippen LogP contribution in [-0.4, -0.2) is 13.2 Å². The van der Waals surface area contributed by atoms with E-state index in [0.717, 1.165) is 13.2 Å². The normalized spacial score (nSPS) is 19.1. The van der Waals surface area contributed by atoms with Crippen molar-refractivity contribution in [3.8, 4) is 11.5 Å². The zero-order valence-electron chi connectivity index (χ0n) is 24.4. The van der Waals surface area contributed by atoms with Crippen LogP contribution in [0.15, 0.2) is 24.3 Å². The first-order chi connectivity index (χ1) is 18.8. The van der Waals surface area contributed by atoms with Crippen LogP contribution in [-0.2, 0) is 12.8 Å². The van der Waals surface area contributed by atoms with Crippen molar-refractivity contribution in [3.05, 3.63) is 57.6 Å². The SMILES string of the molecule is CCCCCCCCOc1ccc2c3c1CCCC3c1ccc(OCCCCCCCC)c3c1C2CCC3. The van der Waals surface area contributed by atoms with Gasteiger partial charge in [-0.2, -0.15) is 0 Å². The lowest BCUT2D eigenvalue weighted by Gasteiger charge is -2.42. The van der Waals surface area contributed by atoms with Crippen LogP contribution in [0.3, 0.4) is 0 Å². The van der Waals surface area contributed by atoms with E-state index in [9.17, 15) is 0 Å². The van der Waals surface area contributed by atoms with Gasteiger partial charge in [0.15, 0.2) is 0 Å². The van der Waals surface area contributed by atoms with Gasteiger partial charge in [0.05, 0.1) is 13.2 Å². The minimum Gasteiger partial charge on any atom is -0.493 e. The lowest BCUT2D eigenvalue weighted by molar-refractivity contribution is 0.297. The lowest BCUT2D eigenvalue weighted by atomic mass is 9.63. The number of hydrogen-bond acceptors (Lipinski definition) is 2. The van der Waals surface area contributed by atoms with E-state index in [4.69, 9.17) is 9.47 Å². The second kappa shape index (κ2) is 13.9. The molecule has 208 valence electrons. The van der Waals surface area contributed by atoms with Gasteiger partial charge in [-0.05, 0) is 96.9 Å². The summed E-state index contributed by atoms with van der Waals surface area (Å²) in [5.74, 6) is 3.45. The molecular weight excluding hydrogens is 464 g/mol. The maximum absolute atomic E-state index is 6.46. The van der Waals surface area contributed by atoms with Crippen LogP contribution in [0.5, 0.6) is 11.5 Å². The average Bonchev–Trinajstić information content (AvgIpc) is 2.95. The van der Waals surface area contributed by atoms with Gasteiger partial charge >= 0.3 is 0 Å². The van der Waals surface area contributed by atoms with Crippen LogP contribution >= 0.6 is 0 Å². The van der Waals surface area contributed by atoms with E-state index < -0.39 is 0 Å². The van der Waals surface area contributed by atoms with Crippen molar-refractivity contribution in [1.29, 1.82) is 0 Å². The Kier molecular flexibility index (Phi) is 10.1. The summed E-state index contributed by atoms with van der Waals surface area (Å²) in [4.78, 5) is 0. The largest absolute Gasteiger partial charge is 0.493 e. The Hall–Kier alpha value is -1.96. The van der Waals surface area contributed by atoms with Gasteiger partial charge in [-0.25, -0.2) is 0 Å². The Morgan fingerprint density at radius 1 is 0.553 bits per heavy atom. The fraction of sp³-hybridized carbons (Fsp3) is 0.667. The molecule has 38 heavy (non-hydrogen) atoms. The molecule has 0 saturated heterocycles. The highest BCUT2D eigenvalue weighted by Crippen LogP contribution is 2.55. The maximum atomic E-state index is 6.46. The van der Waals surface area contributed by atoms with Crippen LogP contribution in [0, 0.1) is 0 Å². The predicted octanol–water partition coefficient (Wildman–Crippen LogP) is 10.4. The van der Waals surface area contributed by atoms with Crippen LogP contribution in [0.4, 0.5) is 0 Å². The molecule has 2 heteroatoms. The van der Waals surface area contributed by atoms with Gasteiger partial charge in [0, 0.05) is 11.8 Å². The molecule has 0 aromatic heterocycles. The number of rotatable bonds is 16. The zero-order valence-corrected chi connectivity index (χ0v) is 24.4. The molecule has 0 N–H and O–H groups in total. The quantitative estimate of drug-likeness (QED) is 0.207. The van der Waals surface area contributed by atoms with E-state index in [2.05, 4.69) is 38.1 Å². The Labute approximate surface area is 232 Å². The topological polar surface area (TPSA) is 18.5 Å². The first-order valence-electron chi connectivity index (χ1n) is 16.4. The highest BCUT2D eigenvalue weighted by atomic mass is 16.5. The predicted molar refractivity (Wildman–Crippen MR) is 160 cm³/mol. The summed E-state index contributed by atoms with van der Waals surface area (Å²) in [6.45, 7) is 6.31. The Bertz CT molecular complexity index is 955. The minimum absolute atomic E-state index is 0.544. The third kappa shape index (κ3) is 6.10. The summed E-state index contributed by atoms with van der Waals surface area (Å²) >= 11 is 0. The molecule has 5 rings (SSSR count).